The Morgan fingerprint density at radius 1 is 1.15 bits per heavy atom. The molecule has 0 atom stereocenters. The molecule has 138 valence electrons. The molecule has 0 amide bonds. The number of nitrogens with one attached hydrogen (secondary N) is 1. The van der Waals surface area contributed by atoms with Gasteiger partial charge in [-0.2, -0.15) is 4.91 Å². The van der Waals surface area contributed by atoms with E-state index in [0.29, 0.717) is 18.8 Å². The number of rotatable bonds is 5. The van der Waals surface area contributed by atoms with Gasteiger partial charge in [0.2, 0.25) is 0 Å². The maximum atomic E-state index is 13.3. The Balaban J connectivity index is 1.79. The van der Waals surface area contributed by atoms with Crippen LogP contribution in [0.1, 0.15) is 53.0 Å². The number of benzene rings is 2. The lowest BCUT2D eigenvalue weighted by molar-refractivity contribution is 0.103. The van der Waals surface area contributed by atoms with Crippen molar-refractivity contribution in [1.29, 1.82) is 0 Å². The summed E-state index contributed by atoms with van der Waals surface area (Å²) < 4.78 is 5.74. The van der Waals surface area contributed by atoms with Crippen LogP contribution < -0.4 is 4.74 Å². The number of ketones is 1. The first-order valence-electron chi connectivity index (χ1n) is 9.17. The van der Waals surface area contributed by atoms with Crippen molar-refractivity contribution in [3.63, 3.8) is 0 Å². The first kappa shape index (κ1) is 17.5. The molecule has 27 heavy (non-hydrogen) atoms. The van der Waals surface area contributed by atoms with Gasteiger partial charge >= 0.3 is 0 Å². The van der Waals surface area contributed by atoms with E-state index < -0.39 is 0 Å². The Labute approximate surface area is 157 Å². The van der Waals surface area contributed by atoms with E-state index in [0.717, 1.165) is 38.9 Å². The van der Waals surface area contributed by atoms with Crippen molar-refractivity contribution in [3.8, 4) is 5.75 Å². The smallest absolute Gasteiger partial charge is 0.195 e. The van der Waals surface area contributed by atoms with Crippen molar-refractivity contribution in [2.45, 2.75) is 32.6 Å². The normalized spacial score (nSPS) is 14.7. The molecule has 0 saturated carbocycles. The fraction of sp³-hybridized carbons (Fsp3) is 0.318. The van der Waals surface area contributed by atoms with E-state index in [1.54, 1.807) is 0 Å². The molecule has 0 fully saturated rings. The van der Waals surface area contributed by atoms with E-state index in [-0.39, 0.29) is 17.7 Å². The molecule has 1 heterocycles. The maximum absolute atomic E-state index is 13.3. The summed E-state index contributed by atoms with van der Waals surface area (Å²) >= 11 is 0. The topological polar surface area (TPSA) is 71.5 Å². The van der Waals surface area contributed by atoms with Crippen LogP contribution in [0.2, 0.25) is 0 Å². The van der Waals surface area contributed by atoms with Crippen LogP contribution >= 0.6 is 0 Å². The number of aryl methyl sites for hydroxylation is 1. The maximum Gasteiger partial charge on any atom is 0.195 e. The zero-order chi connectivity index (χ0) is 19.2. The zero-order valence-electron chi connectivity index (χ0n) is 15.8. The van der Waals surface area contributed by atoms with Crippen LogP contribution in [0.5, 0.6) is 5.75 Å². The number of aromatic nitrogens is 1. The third kappa shape index (κ3) is 2.74. The summed E-state index contributed by atoms with van der Waals surface area (Å²) in [4.78, 5) is 26.9. The average Bonchev–Trinajstić information content (AvgIpc) is 3.03. The van der Waals surface area contributed by atoms with Crippen molar-refractivity contribution in [1.82, 2.24) is 4.98 Å². The molecule has 1 aromatic heterocycles. The van der Waals surface area contributed by atoms with Crippen molar-refractivity contribution < 1.29 is 9.53 Å². The molecule has 0 bridgehead atoms. The highest BCUT2D eigenvalue weighted by atomic mass is 16.5. The number of carbonyl (C=O) groups is 1. The number of fused-ring (bicyclic) bond motifs is 4. The van der Waals surface area contributed by atoms with Gasteiger partial charge in [0.05, 0.1) is 18.7 Å². The average molecular weight is 362 g/mol. The molecule has 5 nitrogen and oxygen atoms in total. The minimum atomic E-state index is -0.352. The molecule has 4 rings (SSSR count). The predicted molar refractivity (Wildman–Crippen MR) is 106 cm³/mol. The van der Waals surface area contributed by atoms with Crippen LogP contribution in [-0.2, 0) is 5.41 Å². The first-order valence-corrected chi connectivity index (χ1v) is 9.17. The number of hydrogen-bond donors (Lipinski definition) is 1. The summed E-state index contributed by atoms with van der Waals surface area (Å²) in [5.41, 5.74) is 5.19. The lowest BCUT2D eigenvalue weighted by Gasteiger charge is -2.32. The van der Waals surface area contributed by atoms with Gasteiger partial charge in [-0.25, -0.2) is 0 Å². The molecule has 0 aliphatic heterocycles. The molecule has 1 aliphatic carbocycles. The monoisotopic (exact) mass is 362 g/mol. The number of H-pyrrole nitrogens is 1. The van der Waals surface area contributed by atoms with E-state index >= 15 is 0 Å². The third-order valence-corrected chi connectivity index (χ3v) is 5.38. The molecule has 5 heteroatoms. The van der Waals surface area contributed by atoms with Gasteiger partial charge in [0, 0.05) is 34.0 Å². The Bertz CT molecular complexity index is 1060. The molecule has 2 aromatic carbocycles. The summed E-state index contributed by atoms with van der Waals surface area (Å²) in [5, 5.41) is 3.82. The molecule has 1 aliphatic rings. The fourth-order valence-electron chi connectivity index (χ4n) is 3.93. The summed E-state index contributed by atoms with van der Waals surface area (Å²) in [5.74, 6) is 0.752. The quantitative estimate of drug-likeness (QED) is 0.519. The number of hydrogen-bond acceptors (Lipinski definition) is 4. The van der Waals surface area contributed by atoms with Crippen molar-refractivity contribution in [3.05, 3.63) is 69.3 Å². The van der Waals surface area contributed by atoms with Crippen molar-refractivity contribution >= 4 is 16.7 Å². The largest absolute Gasteiger partial charge is 0.494 e. The summed E-state index contributed by atoms with van der Waals surface area (Å²) in [6.45, 7) is 6.96. The lowest BCUT2D eigenvalue weighted by Crippen LogP contribution is -2.30. The highest BCUT2D eigenvalue weighted by molar-refractivity contribution is 6.20. The molecule has 0 unspecified atom stereocenters. The summed E-state index contributed by atoms with van der Waals surface area (Å²) in [6, 6.07) is 11.8. The van der Waals surface area contributed by atoms with Gasteiger partial charge in [-0.05, 0) is 42.3 Å². The van der Waals surface area contributed by atoms with E-state index in [4.69, 9.17) is 4.74 Å². The second-order valence-electron chi connectivity index (χ2n) is 7.64. The third-order valence-electron chi connectivity index (χ3n) is 5.38. The van der Waals surface area contributed by atoms with Gasteiger partial charge in [-0.15, -0.1) is 0 Å². The Kier molecular flexibility index (Phi) is 4.10. The fourth-order valence-corrected chi connectivity index (χ4v) is 3.93. The number of aromatic amines is 1. The van der Waals surface area contributed by atoms with Gasteiger partial charge in [0.25, 0.3) is 0 Å². The SMILES string of the molecule is Cc1ccc2c3c([nH]c2c1)C(C)(C)c1cc(OCCCN=O)ccc1C3=O. The van der Waals surface area contributed by atoms with Crippen LogP contribution in [0.3, 0.4) is 0 Å². The van der Waals surface area contributed by atoms with Gasteiger partial charge in [-0.3, -0.25) is 4.79 Å². The van der Waals surface area contributed by atoms with Gasteiger partial charge in [0.15, 0.2) is 5.78 Å². The molecule has 0 radical (unpaired) electrons. The Morgan fingerprint density at radius 2 is 1.96 bits per heavy atom. The summed E-state index contributed by atoms with van der Waals surface area (Å²) in [6.07, 6.45) is 0.578. The minimum absolute atomic E-state index is 0.0473. The number of nitrogens with zero attached hydrogens (tertiary/aromatic N) is 1. The van der Waals surface area contributed by atoms with E-state index in [1.807, 2.05) is 37.3 Å². The highest BCUT2D eigenvalue weighted by Gasteiger charge is 2.39. The van der Waals surface area contributed by atoms with E-state index in [1.165, 1.54) is 0 Å². The van der Waals surface area contributed by atoms with Gasteiger partial charge in [0.1, 0.15) is 5.75 Å². The van der Waals surface area contributed by atoms with Crippen molar-refractivity contribution in [2.75, 3.05) is 13.2 Å². The molecule has 3 aromatic rings. The standard InChI is InChI=1S/C22H22N2O3/c1-13-5-7-16-18(11-13)24-21-19(16)20(25)15-8-6-14(27-10-4-9-23-26)12-17(15)22(21,2)3/h5-8,11-12,24H,4,9-10H2,1-3H3. The number of nitroso groups, excluding NO2 is 1. The molecular formula is C22H22N2O3. The summed E-state index contributed by atoms with van der Waals surface area (Å²) in [7, 11) is 0. The zero-order valence-corrected chi connectivity index (χ0v) is 15.8. The second-order valence-corrected chi connectivity index (χ2v) is 7.64. The van der Waals surface area contributed by atoms with E-state index in [2.05, 4.69) is 30.1 Å². The Morgan fingerprint density at radius 3 is 2.74 bits per heavy atom. The molecule has 0 saturated heterocycles. The number of ether oxygens (including phenoxy) is 1. The molecule has 1 N–H and O–H groups in total. The highest BCUT2D eigenvalue weighted by Crippen LogP contribution is 2.44. The van der Waals surface area contributed by atoms with Crippen LogP contribution in [0.15, 0.2) is 41.6 Å². The van der Waals surface area contributed by atoms with Gasteiger partial charge in [-0.1, -0.05) is 31.2 Å². The lowest BCUT2D eigenvalue weighted by atomic mass is 9.71. The predicted octanol–water partition coefficient (Wildman–Crippen LogP) is 4.88. The van der Waals surface area contributed by atoms with Crippen LogP contribution in [0.4, 0.5) is 0 Å². The van der Waals surface area contributed by atoms with Crippen LogP contribution in [0, 0.1) is 11.8 Å². The Hall–Kier alpha value is -2.95. The van der Waals surface area contributed by atoms with Gasteiger partial charge < -0.3 is 9.72 Å². The van der Waals surface area contributed by atoms with Crippen molar-refractivity contribution in [2.24, 2.45) is 5.18 Å². The van der Waals surface area contributed by atoms with E-state index in [9.17, 15) is 9.70 Å². The van der Waals surface area contributed by atoms with Crippen LogP contribution in [0.25, 0.3) is 10.9 Å². The second kappa shape index (κ2) is 6.34. The molecular weight excluding hydrogens is 340 g/mol. The first-order chi connectivity index (χ1) is 12.9. The van der Waals surface area contributed by atoms with Crippen LogP contribution in [-0.4, -0.2) is 23.9 Å². The number of carbonyl (C=O) groups excluding carboxylic acids is 1. The minimum Gasteiger partial charge on any atom is -0.494 e. The molecule has 0 spiro atoms.